The van der Waals surface area contributed by atoms with Gasteiger partial charge in [-0.05, 0) is 17.6 Å². The number of benzene rings is 2. The lowest BCUT2D eigenvalue weighted by Gasteiger charge is -1.98. The van der Waals surface area contributed by atoms with Crippen molar-refractivity contribution in [1.29, 1.82) is 0 Å². The molecule has 1 N–H and O–H groups in total. The summed E-state index contributed by atoms with van der Waals surface area (Å²) in [4.78, 5) is 3.47. The minimum absolute atomic E-state index is 0.928. The van der Waals surface area contributed by atoms with Gasteiger partial charge in [-0.25, -0.2) is 0 Å². The van der Waals surface area contributed by atoms with Gasteiger partial charge in [0, 0.05) is 27.2 Å². The van der Waals surface area contributed by atoms with Crippen molar-refractivity contribution in [1.82, 2.24) is 14.6 Å². The average molecular weight is 251 g/mol. The molecule has 2 aromatic heterocycles. The summed E-state index contributed by atoms with van der Waals surface area (Å²) in [6, 6.07) is 14.6. The van der Waals surface area contributed by atoms with Crippen molar-refractivity contribution in [3.63, 3.8) is 0 Å². The van der Waals surface area contributed by atoms with Crippen LogP contribution in [0.5, 0.6) is 0 Å². The van der Waals surface area contributed by atoms with Crippen LogP contribution < -0.4 is 0 Å². The molecule has 0 fully saturated rings. The highest BCUT2D eigenvalue weighted by molar-refractivity contribution is 7.03. The Balaban J connectivity index is 2.17. The maximum atomic E-state index is 4.16. The minimum atomic E-state index is 0.928. The molecule has 4 heteroatoms. The summed E-state index contributed by atoms with van der Waals surface area (Å²) < 4.78 is 3.94. The third-order valence-electron chi connectivity index (χ3n) is 3.18. The van der Waals surface area contributed by atoms with Gasteiger partial charge in [0.05, 0.1) is 5.52 Å². The number of nitrogens with zero attached hydrogens (tertiary/aromatic N) is 2. The van der Waals surface area contributed by atoms with E-state index in [0.717, 1.165) is 22.3 Å². The van der Waals surface area contributed by atoms with E-state index in [4.69, 9.17) is 0 Å². The molecule has 0 aliphatic heterocycles. The largest absolute Gasteiger partial charge is 0.354 e. The van der Waals surface area contributed by atoms with E-state index < -0.39 is 0 Å². The first kappa shape index (κ1) is 9.79. The summed E-state index contributed by atoms with van der Waals surface area (Å²) >= 11 is 1.37. The molecule has 0 aliphatic carbocycles. The van der Waals surface area contributed by atoms with Crippen molar-refractivity contribution in [3.8, 4) is 11.3 Å². The Kier molecular flexibility index (Phi) is 1.98. The van der Waals surface area contributed by atoms with Crippen molar-refractivity contribution in [3.05, 3.63) is 47.8 Å². The van der Waals surface area contributed by atoms with Gasteiger partial charge in [-0.1, -0.05) is 40.9 Å². The highest BCUT2D eigenvalue weighted by atomic mass is 32.1. The summed E-state index contributed by atoms with van der Waals surface area (Å²) in [6.07, 6.45) is 0. The van der Waals surface area contributed by atoms with E-state index in [1.165, 1.54) is 22.3 Å². The summed E-state index contributed by atoms with van der Waals surface area (Å²) in [5, 5.41) is 8.61. The lowest BCUT2D eigenvalue weighted by Crippen LogP contribution is -1.80. The number of aromatic nitrogens is 3. The van der Waals surface area contributed by atoms with E-state index in [-0.39, 0.29) is 0 Å². The number of rotatable bonds is 1. The minimum Gasteiger partial charge on any atom is -0.354 e. The fraction of sp³-hybridized carbons (Fsp3) is 0. The monoisotopic (exact) mass is 251 g/mol. The highest BCUT2D eigenvalue weighted by Crippen LogP contribution is 2.32. The Morgan fingerprint density at radius 1 is 0.944 bits per heavy atom. The SMILES string of the molecule is c1ccc2c(c1)[nH]c1c(-c3csnn3)cccc12. The second-order valence-electron chi connectivity index (χ2n) is 4.19. The van der Waals surface area contributed by atoms with Gasteiger partial charge >= 0.3 is 0 Å². The molecule has 2 aromatic carbocycles. The standard InChI is InChI=1S/C14H9N3S/c1-2-7-12-9(4-1)10-5-3-6-11(14(10)15-12)13-8-18-17-16-13/h1-8,15H. The zero-order valence-corrected chi connectivity index (χ0v) is 10.2. The second-order valence-corrected chi connectivity index (χ2v) is 4.80. The van der Waals surface area contributed by atoms with E-state index in [0.29, 0.717) is 0 Å². The van der Waals surface area contributed by atoms with E-state index in [9.17, 15) is 0 Å². The molecule has 0 saturated heterocycles. The first-order valence-corrected chi connectivity index (χ1v) is 6.54. The van der Waals surface area contributed by atoms with Crippen LogP contribution >= 0.6 is 11.5 Å². The number of nitrogens with one attached hydrogen (secondary N) is 1. The van der Waals surface area contributed by atoms with Crippen molar-refractivity contribution in [2.45, 2.75) is 0 Å². The quantitative estimate of drug-likeness (QED) is 0.558. The molecule has 86 valence electrons. The molecule has 18 heavy (non-hydrogen) atoms. The number of hydrogen-bond donors (Lipinski definition) is 1. The second kappa shape index (κ2) is 3.65. The van der Waals surface area contributed by atoms with Crippen LogP contribution in [0.2, 0.25) is 0 Å². The number of H-pyrrole nitrogens is 1. The normalized spacial score (nSPS) is 11.3. The molecular weight excluding hydrogens is 242 g/mol. The molecule has 0 aliphatic rings. The van der Waals surface area contributed by atoms with Gasteiger partial charge in [0.2, 0.25) is 0 Å². The first-order valence-electron chi connectivity index (χ1n) is 5.70. The molecule has 3 nitrogen and oxygen atoms in total. The summed E-state index contributed by atoms with van der Waals surface area (Å²) in [5.41, 5.74) is 4.32. The third kappa shape index (κ3) is 1.29. The fourth-order valence-corrected chi connectivity index (χ4v) is 2.82. The average Bonchev–Trinajstić information content (AvgIpc) is 3.05. The number of aromatic amines is 1. The Labute approximate surface area is 107 Å². The number of para-hydroxylation sites is 2. The van der Waals surface area contributed by atoms with Crippen molar-refractivity contribution in [2.24, 2.45) is 0 Å². The van der Waals surface area contributed by atoms with Gasteiger partial charge in [0.1, 0.15) is 5.69 Å². The van der Waals surface area contributed by atoms with Gasteiger partial charge in [0.15, 0.2) is 0 Å². The summed E-state index contributed by atoms with van der Waals surface area (Å²) in [6.45, 7) is 0. The third-order valence-corrected chi connectivity index (χ3v) is 3.68. The topological polar surface area (TPSA) is 41.6 Å². The van der Waals surface area contributed by atoms with E-state index in [1.807, 2.05) is 11.4 Å². The predicted octanol–water partition coefficient (Wildman–Crippen LogP) is 3.84. The molecule has 0 unspecified atom stereocenters. The molecule has 4 rings (SSSR count). The van der Waals surface area contributed by atoms with Crippen LogP contribution in [0.4, 0.5) is 0 Å². The van der Waals surface area contributed by atoms with Gasteiger partial charge in [-0.15, -0.1) is 5.10 Å². The van der Waals surface area contributed by atoms with Gasteiger partial charge in [-0.2, -0.15) is 0 Å². The van der Waals surface area contributed by atoms with E-state index in [2.05, 4.69) is 51.0 Å². The van der Waals surface area contributed by atoms with Gasteiger partial charge < -0.3 is 4.98 Å². The molecule has 0 saturated carbocycles. The lowest BCUT2D eigenvalue weighted by atomic mass is 10.1. The van der Waals surface area contributed by atoms with Gasteiger partial charge in [0.25, 0.3) is 0 Å². The van der Waals surface area contributed by atoms with Crippen LogP contribution in [-0.2, 0) is 0 Å². The molecule has 2 heterocycles. The van der Waals surface area contributed by atoms with Crippen LogP contribution in [0.25, 0.3) is 33.1 Å². The Bertz CT molecular complexity index is 831. The van der Waals surface area contributed by atoms with Crippen LogP contribution in [0, 0.1) is 0 Å². The molecule has 0 spiro atoms. The van der Waals surface area contributed by atoms with Crippen LogP contribution in [0.15, 0.2) is 47.8 Å². The molecular formula is C14H9N3S. The first-order chi connectivity index (χ1) is 8.93. The van der Waals surface area contributed by atoms with Crippen LogP contribution in [0.3, 0.4) is 0 Å². The summed E-state index contributed by atoms with van der Waals surface area (Å²) in [5.74, 6) is 0. The van der Waals surface area contributed by atoms with Crippen molar-refractivity contribution < 1.29 is 0 Å². The Hall–Kier alpha value is -2.20. The molecule has 0 atom stereocenters. The predicted molar refractivity (Wildman–Crippen MR) is 74.7 cm³/mol. The number of fused-ring (bicyclic) bond motifs is 3. The lowest BCUT2D eigenvalue weighted by molar-refractivity contribution is 1.16. The molecule has 0 amide bonds. The molecule has 0 radical (unpaired) electrons. The van der Waals surface area contributed by atoms with Crippen molar-refractivity contribution in [2.75, 3.05) is 0 Å². The van der Waals surface area contributed by atoms with Gasteiger partial charge in [-0.3, -0.25) is 0 Å². The zero-order chi connectivity index (χ0) is 11.9. The fourth-order valence-electron chi connectivity index (χ4n) is 2.37. The van der Waals surface area contributed by atoms with Crippen LogP contribution in [0.1, 0.15) is 0 Å². The van der Waals surface area contributed by atoms with E-state index >= 15 is 0 Å². The molecule has 0 bridgehead atoms. The van der Waals surface area contributed by atoms with E-state index in [1.54, 1.807) is 0 Å². The van der Waals surface area contributed by atoms with Crippen molar-refractivity contribution >= 4 is 33.3 Å². The van der Waals surface area contributed by atoms with Crippen LogP contribution in [-0.4, -0.2) is 14.6 Å². The Morgan fingerprint density at radius 2 is 1.83 bits per heavy atom. The molecule has 4 aromatic rings. The smallest absolute Gasteiger partial charge is 0.107 e. The zero-order valence-electron chi connectivity index (χ0n) is 9.42. The number of hydrogen-bond acceptors (Lipinski definition) is 3. The summed E-state index contributed by atoms with van der Waals surface area (Å²) in [7, 11) is 0. The maximum absolute atomic E-state index is 4.16. The highest BCUT2D eigenvalue weighted by Gasteiger charge is 2.10. The maximum Gasteiger partial charge on any atom is 0.107 e. The Morgan fingerprint density at radius 3 is 2.72 bits per heavy atom.